The van der Waals surface area contributed by atoms with Crippen LogP contribution in [-0.4, -0.2) is 30.0 Å². The number of H-pyrrole nitrogens is 1. The molecule has 0 fully saturated rings. The van der Waals surface area contributed by atoms with Crippen LogP contribution >= 0.6 is 0 Å². The number of benzene rings is 1. The van der Waals surface area contributed by atoms with Gasteiger partial charge in [-0.3, -0.25) is 4.90 Å². The first-order valence-electron chi connectivity index (χ1n) is 6.78. The number of aromatic amines is 1. The third-order valence-corrected chi connectivity index (χ3v) is 4.21. The monoisotopic (exact) mass is 243 g/mol. The van der Waals surface area contributed by atoms with Gasteiger partial charge in [0.15, 0.2) is 0 Å². The van der Waals surface area contributed by atoms with Gasteiger partial charge in [-0.2, -0.15) is 0 Å². The number of nitrogens with two attached hydrogens (primary N) is 1. The molecule has 0 radical (unpaired) electrons. The zero-order chi connectivity index (χ0) is 12.7. The van der Waals surface area contributed by atoms with Crippen LogP contribution in [0.15, 0.2) is 18.2 Å². The predicted octanol–water partition coefficient (Wildman–Crippen LogP) is 2.22. The molecule has 0 saturated carbocycles. The number of hydrogen-bond acceptors (Lipinski definition) is 2. The summed E-state index contributed by atoms with van der Waals surface area (Å²) in [6.45, 7) is 3.98. The second-order valence-corrected chi connectivity index (χ2v) is 5.23. The number of aryl methyl sites for hydroxylation is 1. The molecule has 1 aromatic carbocycles. The average molecular weight is 243 g/mol. The van der Waals surface area contributed by atoms with E-state index in [1.165, 1.54) is 27.7 Å². The van der Waals surface area contributed by atoms with Crippen LogP contribution in [0, 0.1) is 0 Å². The Labute approximate surface area is 108 Å². The Bertz CT molecular complexity index is 570. The van der Waals surface area contributed by atoms with Gasteiger partial charge in [0.05, 0.1) is 6.04 Å². The lowest BCUT2D eigenvalue weighted by Gasteiger charge is -2.31. The van der Waals surface area contributed by atoms with Gasteiger partial charge in [-0.25, -0.2) is 0 Å². The Morgan fingerprint density at radius 2 is 2.28 bits per heavy atom. The van der Waals surface area contributed by atoms with E-state index in [0.717, 1.165) is 19.4 Å². The molecule has 2 aromatic rings. The number of nitrogens with zero attached hydrogens (tertiary/aromatic N) is 1. The molecule has 3 nitrogen and oxygen atoms in total. The maximum Gasteiger partial charge on any atom is 0.0623 e. The minimum absolute atomic E-state index is 0.339. The quantitative estimate of drug-likeness (QED) is 0.849. The molecule has 3 heteroatoms. The number of rotatable bonds is 2. The summed E-state index contributed by atoms with van der Waals surface area (Å²) in [7, 11) is 2.16. The van der Waals surface area contributed by atoms with Crippen LogP contribution in [0.5, 0.6) is 0 Å². The van der Waals surface area contributed by atoms with E-state index in [2.05, 4.69) is 42.1 Å². The van der Waals surface area contributed by atoms with Crippen LogP contribution < -0.4 is 5.73 Å². The van der Waals surface area contributed by atoms with E-state index < -0.39 is 0 Å². The smallest absolute Gasteiger partial charge is 0.0623 e. The third kappa shape index (κ3) is 1.66. The van der Waals surface area contributed by atoms with Crippen LogP contribution in [0.25, 0.3) is 10.9 Å². The first kappa shape index (κ1) is 11.8. The lowest BCUT2D eigenvalue weighted by atomic mass is 9.97. The van der Waals surface area contributed by atoms with Crippen molar-refractivity contribution in [3.63, 3.8) is 0 Å². The molecule has 1 aliphatic heterocycles. The normalized spacial score (nSPS) is 20.3. The minimum Gasteiger partial charge on any atom is -0.357 e. The summed E-state index contributed by atoms with van der Waals surface area (Å²) in [5, 5.41) is 1.40. The molecule has 2 heterocycles. The van der Waals surface area contributed by atoms with Crippen molar-refractivity contribution in [1.29, 1.82) is 0 Å². The topological polar surface area (TPSA) is 45.0 Å². The minimum atomic E-state index is 0.339. The maximum atomic E-state index is 5.92. The van der Waals surface area contributed by atoms with E-state index in [-0.39, 0.29) is 0 Å². The zero-order valence-electron chi connectivity index (χ0n) is 11.2. The number of likely N-dealkylation sites (N-methyl/N-ethyl adjacent to an activating group) is 1. The lowest BCUT2D eigenvalue weighted by Crippen LogP contribution is -2.36. The molecule has 0 amide bonds. The standard InChI is InChI=1S/C15H21N3/c1-3-10-4-5-13-12(8-10)11-6-7-18(2)14(9-16)15(11)17-13/h4-5,8,14,17H,3,6-7,9,16H2,1-2H3. The molecule has 0 bridgehead atoms. The van der Waals surface area contributed by atoms with Crippen molar-refractivity contribution >= 4 is 10.9 Å². The molecule has 0 saturated heterocycles. The lowest BCUT2D eigenvalue weighted by molar-refractivity contribution is 0.233. The van der Waals surface area contributed by atoms with E-state index in [1.54, 1.807) is 0 Å². The molecular weight excluding hydrogens is 222 g/mol. The molecule has 1 aliphatic rings. The van der Waals surface area contributed by atoms with Crippen LogP contribution in [-0.2, 0) is 12.8 Å². The summed E-state index contributed by atoms with van der Waals surface area (Å²) in [5.41, 5.74) is 11.4. The van der Waals surface area contributed by atoms with Crippen molar-refractivity contribution in [1.82, 2.24) is 9.88 Å². The molecule has 1 unspecified atom stereocenters. The summed E-state index contributed by atoms with van der Waals surface area (Å²) >= 11 is 0. The number of hydrogen-bond donors (Lipinski definition) is 2. The van der Waals surface area contributed by atoms with Crippen molar-refractivity contribution in [2.45, 2.75) is 25.8 Å². The van der Waals surface area contributed by atoms with Gasteiger partial charge >= 0.3 is 0 Å². The fourth-order valence-corrected chi connectivity index (χ4v) is 3.05. The van der Waals surface area contributed by atoms with E-state index in [1.807, 2.05) is 0 Å². The van der Waals surface area contributed by atoms with Crippen LogP contribution in [0.3, 0.4) is 0 Å². The van der Waals surface area contributed by atoms with Gasteiger partial charge in [0, 0.05) is 29.7 Å². The molecule has 0 aliphatic carbocycles. The summed E-state index contributed by atoms with van der Waals surface area (Å²) in [4.78, 5) is 5.92. The van der Waals surface area contributed by atoms with Crippen LogP contribution in [0.1, 0.15) is 29.8 Å². The SMILES string of the molecule is CCc1ccc2[nH]c3c(c2c1)CCN(C)C3CN. The number of aromatic nitrogens is 1. The Morgan fingerprint density at radius 1 is 1.44 bits per heavy atom. The van der Waals surface area contributed by atoms with E-state index in [9.17, 15) is 0 Å². The van der Waals surface area contributed by atoms with Gasteiger partial charge in [-0.1, -0.05) is 13.0 Å². The molecule has 1 aromatic heterocycles. The van der Waals surface area contributed by atoms with Gasteiger partial charge in [0.25, 0.3) is 0 Å². The second-order valence-electron chi connectivity index (χ2n) is 5.23. The largest absolute Gasteiger partial charge is 0.357 e. The van der Waals surface area contributed by atoms with Crippen molar-refractivity contribution in [3.05, 3.63) is 35.0 Å². The van der Waals surface area contributed by atoms with E-state index in [0.29, 0.717) is 12.6 Å². The molecule has 18 heavy (non-hydrogen) atoms. The first-order chi connectivity index (χ1) is 8.74. The zero-order valence-corrected chi connectivity index (χ0v) is 11.2. The predicted molar refractivity (Wildman–Crippen MR) is 75.8 cm³/mol. The molecule has 3 N–H and O–H groups in total. The molecule has 1 atom stereocenters. The number of nitrogens with one attached hydrogen (secondary N) is 1. The van der Waals surface area contributed by atoms with Crippen molar-refractivity contribution < 1.29 is 0 Å². The van der Waals surface area contributed by atoms with E-state index >= 15 is 0 Å². The average Bonchev–Trinajstić information content (AvgIpc) is 2.76. The third-order valence-electron chi connectivity index (χ3n) is 4.21. The summed E-state index contributed by atoms with van der Waals surface area (Å²) < 4.78 is 0. The van der Waals surface area contributed by atoms with Crippen LogP contribution in [0.4, 0.5) is 0 Å². The molecule has 96 valence electrons. The van der Waals surface area contributed by atoms with Gasteiger partial charge in [0.1, 0.15) is 0 Å². The Hall–Kier alpha value is -1.32. The fourth-order valence-electron chi connectivity index (χ4n) is 3.05. The Morgan fingerprint density at radius 3 is 3.00 bits per heavy atom. The van der Waals surface area contributed by atoms with Crippen molar-refractivity contribution in [2.24, 2.45) is 5.73 Å². The maximum absolute atomic E-state index is 5.92. The van der Waals surface area contributed by atoms with Crippen molar-refractivity contribution in [3.8, 4) is 0 Å². The Balaban J connectivity index is 2.19. The Kier molecular flexibility index (Phi) is 2.88. The highest BCUT2D eigenvalue weighted by molar-refractivity contribution is 5.85. The van der Waals surface area contributed by atoms with Crippen molar-refractivity contribution in [2.75, 3.05) is 20.1 Å². The summed E-state index contributed by atoms with van der Waals surface area (Å²) in [6.07, 6.45) is 2.21. The van der Waals surface area contributed by atoms with Gasteiger partial charge in [-0.15, -0.1) is 0 Å². The van der Waals surface area contributed by atoms with Crippen LogP contribution in [0.2, 0.25) is 0 Å². The summed E-state index contributed by atoms with van der Waals surface area (Å²) in [6, 6.07) is 7.10. The number of fused-ring (bicyclic) bond motifs is 3. The molecule has 0 spiro atoms. The van der Waals surface area contributed by atoms with Gasteiger partial charge in [0.2, 0.25) is 0 Å². The highest BCUT2D eigenvalue weighted by atomic mass is 15.2. The van der Waals surface area contributed by atoms with Gasteiger partial charge < -0.3 is 10.7 Å². The molecular formula is C15H21N3. The second kappa shape index (κ2) is 4.41. The molecule has 3 rings (SSSR count). The van der Waals surface area contributed by atoms with Gasteiger partial charge in [-0.05, 0) is 43.1 Å². The highest BCUT2D eigenvalue weighted by Gasteiger charge is 2.26. The first-order valence-corrected chi connectivity index (χ1v) is 6.78. The summed E-state index contributed by atoms with van der Waals surface area (Å²) in [5.74, 6) is 0. The van der Waals surface area contributed by atoms with E-state index in [4.69, 9.17) is 5.73 Å². The fraction of sp³-hybridized carbons (Fsp3) is 0.467. The highest BCUT2D eigenvalue weighted by Crippen LogP contribution is 2.33.